The summed E-state index contributed by atoms with van der Waals surface area (Å²) in [4.78, 5) is 4.02. The van der Waals surface area contributed by atoms with Crippen molar-refractivity contribution in [1.82, 2.24) is 4.98 Å². The molecule has 0 aliphatic heterocycles. The maximum absolute atomic E-state index is 9.53. The fraction of sp³-hybridized carbons (Fsp3) is 0. The van der Waals surface area contributed by atoms with E-state index < -0.39 is 0 Å². The molecule has 1 heterocycles. The molecular weight excluding hydrogens is 244 g/mol. The maximum Gasteiger partial charge on any atom is 0.171 e. The van der Waals surface area contributed by atoms with E-state index in [-0.39, 0.29) is 17.3 Å². The summed E-state index contributed by atoms with van der Waals surface area (Å²) in [5, 5.41) is 26.2. The zero-order valence-corrected chi connectivity index (χ0v) is 9.93. The zero-order valence-electron chi connectivity index (χ0n) is 9.93. The molecule has 2 rings (SSSR count). The van der Waals surface area contributed by atoms with Crippen LogP contribution in [-0.4, -0.2) is 27.2 Å². The summed E-state index contributed by atoms with van der Waals surface area (Å²) in [7, 11) is 0. The van der Waals surface area contributed by atoms with Gasteiger partial charge in [-0.05, 0) is 24.3 Å². The highest BCUT2D eigenvalue weighted by molar-refractivity contribution is 5.96. The van der Waals surface area contributed by atoms with Crippen LogP contribution in [0.15, 0.2) is 52.8 Å². The van der Waals surface area contributed by atoms with Gasteiger partial charge in [0.25, 0.3) is 0 Å². The first-order chi connectivity index (χ1) is 9.16. The number of benzene rings is 1. The monoisotopic (exact) mass is 256 g/mol. The van der Waals surface area contributed by atoms with Gasteiger partial charge in [-0.1, -0.05) is 6.07 Å². The molecule has 2 aromatic rings. The highest BCUT2D eigenvalue weighted by Gasteiger charge is 1.99. The molecule has 6 nitrogen and oxygen atoms in total. The molecule has 19 heavy (non-hydrogen) atoms. The standard InChI is InChI=1S/C13H12N4O2/c14-13(11-3-1-2-6-15-11)17-16-8-9-4-5-10(18)7-12(9)19/h1-8,18-19H,(H2,14,17)/b16-8-. The van der Waals surface area contributed by atoms with Gasteiger partial charge in [0.2, 0.25) is 0 Å². The number of rotatable bonds is 3. The smallest absolute Gasteiger partial charge is 0.171 e. The lowest BCUT2D eigenvalue weighted by Crippen LogP contribution is -2.14. The molecule has 0 atom stereocenters. The number of hydrogen-bond acceptors (Lipinski definition) is 5. The lowest BCUT2D eigenvalue weighted by Gasteiger charge is -1.98. The third-order valence-electron chi connectivity index (χ3n) is 2.30. The third-order valence-corrected chi connectivity index (χ3v) is 2.30. The Bertz CT molecular complexity index is 624. The molecule has 0 amide bonds. The van der Waals surface area contributed by atoms with E-state index in [0.29, 0.717) is 11.3 Å². The summed E-state index contributed by atoms with van der Waals surface area (Å²) >= 11 is 0. The van der Waals surface area contributed by atoms with Crippen molar-refractivity contribution in [3.63, 3.8) is 0 Å². The van der Waals surface area contributed by atoms with E-state index >= 15 is 0 Å². The van der Waals surface area contributed by atoms with Crippen molar-refractivity contribution in [1.29, 1.82) is 0 Å². The van der Waals surface area contributed by atoms with Gasteiger partial charge in [0.05, 0.1) is 6.21 Å². The first-order valence-corrected chi connectivity index (χ1v) is 5.46. The van der Waals surface area contributed by atoms with Crippen LogP contribution in [0.2, 0.25) is 0 Å². The molecule has 1 aromatic heterocycles. The summed E-state index contributed by atoms with van der Waals surface area (Å²) in [6, 6.07) is 9.45. The molecule has 0 spiro atoms. The van der Waals surface area contributed by atoms with Gasteiger partial charge in [0.15, 0.2) is 5.84 Å². The fourth-order valence-electron chi connectivity index (χ4n) is 1.36. The molecule has 0 bridgehead atoms. The zero-order chi connectivity index (χ0) is 13.7. The van der Waals surface area contributed by atoms with Crippen LogP contribution in [0.5, 0.6) is 11.5 Å². The average molecular weight is 256 g/mol. The van der Waals surface area contributed by atoms with Crippen molar-refractivity contribution < 1.29 is 10.2 Å². The number of hydrogen-bond donors (Lipinski definition) is 3. The fourth-order valence-corrected chi connectivity index (χ4v) is 1.36. The van der Waals surface area contributed by atoms with Gasteiger partial charge in [-0.3, -0.25) is 4.98 Å². The van der Waals surface area contributed by atoms with Crippen molar-refractivity contribution in [3.05, 3.63) is 53.9 Å². The van der Waals surface area contributed by atoms with Crippen molar-refractivity contribution in [2.24, 2.45) is 15.9 Å². The molecule has 0 aliphatic rings. The third kappa shape index (κ3) is 3.29. The van der Waals surface area contributed by atoms with Gasteiger partial charge < -0.3 is 15.9 Å². The molecular formula is C13H12N4O2. The first kappa shape index (κ1) is 12.6. The molecule has 0 aliphatic carbocycles. The summed E-state index contributed by atoms with van der Waals surface area (Å²) in [5.74, 6) is 0.0663. The second-order valence-electron chi connectivity index (χ2n) is 3.69. The molecule has 4 N–H and O–H groups in total. The van der Waals surface area contributed by atoms with Crippen LogP contribution in [-0.2, 0) is 0 Å². The predicted molar refractivity (Wildman–Crippen MR) is 72.3 cm³/mol. The topological polar surface area (TPSA) is 104 Å². The van der Waals surface area contributed by atoms with Crippen molar-refractivity contribution in [3.8, 4) is 11.5 Å². The number of aromatic nitrogens is 1. The van der Waals surface area contributed by atoms with Crippen molar-refractivity contribution in [2.75, 3.05) is 0 Å². The summed E-state index contributed by atoms with van der Waals surface area (Å²) < 4.78 is 0. The van der Waals surface area contributed by atoms with Crippen LogP contribution >= 0.6 is 0 Å². The minimum absolute atomic E-state index is 0.0221. The molecule has 0 saturated carbocycles. The summed E-state index contributed by atoms with van der Waals surface area (Å²) in [6.07, 6.45) is 2.94. The number of nitrogens with two attached hydrogens (primary N) is 1. The van der Waals surface area contributed by atoms with E-state index in [1.54, 1.807) is 24.4 Å². The number of pyridine rings is 1. The number of aromatic hydroxyl groups is 2. The lowest BCUT2D eigenvalue weighted by molar-refractivity contribution is 0.450. The van der Waals surface area contributed by atoms with Crippen LogP contribution in [0, 0.1) is 0 Å². The second kappa shape index (κ2) is 5.63. The van der Waals surface area contributed by atoms with E-state index in [1.165, 1.54) is 24.4 Å². The highest BCUT2D eigenvalue weighted by atomic mass is 16.3. The molecule has 6 heteroatoms. The van der Waals surface area contributed by atoms with Crippen LogP contribution < -0.4 is 5.73 Å². The van der Waals surface area contributed by atoms with Crippen LogP contribution in [0.3, 0.4) is 0 Å². The Kier molecular flexibility index (Phi) is 3.72. The normalized spacial score (nSPS) is 11.9. The van der Waals surface area contributed by atoms with Crippen LogP contribution in [0.4, 0.5) is 0 Å². The molecule has 0 fully saturated rings. The van der Waals surface area contributed by atoms with Gasteiger partial charge in [-0.25, -0.2) is 0 Å². The van der Waals surface area contributed by atoms with Gasteiger partial charge >= 0.3 is 0 Å². The van der Waals surface area contributed by atoms with E-state index in [9.17, 15) is 5.11 Å². The molecule has 0 saturated heterocycles. The summed E-state index contributed by atoms with van der Waals surface area (Å²) in [5.41, 5.74) is 6.64. The average Bonchev–Trinajstić information content (AvgIpc) is 2.42. The van der Waals surface area contributed by atoms with Crippen molar-refractivity contribution >= 4 is 12.1 Å². The Labute approximate surface area is 109 Å². The van der Waals surface area contributed by atoms with E-state index in [0.717, 1.165) is 0 Å². The molecule has 1 aromatic carbocycles. The van der Waals surface area contributed by atoms with Gasteiger partial charge in [0, 0.05) is 17.8 Å². The van der Waals surface area contributed by atoms with Crippen LogP contribution in [0.25, 0.3) is 0 Å². The van der Waals surface area contributed by atoms with Gasteiger partial charge in [0.1, 0.15) is 17.2 Å². The van der Waals surface area contributed by atoms with E-state index in [2.05, 4.69) is 15.2 Å². The van der Waals surface area contributed by atoms with Crippen LogP contribution in [0.1, 0.15) is 11.3 Å². The van der Waals surface area contributed by atoms with Gasteiger partial charge in [-0.15, -0.1) is 5.10 Å². The van der Waals surface area contributed by atoms with Gasteiger partial charge in [-0.2, -0.15) is 5.10 Å². The largest absolute Gasteiger partial charge is 0.508 e. The minimum Gasteiger partial charge on any atom is -0.508 e. The number of phenols is 2. The van der Waals surface area contributed by atoms with E-state index in [1.807, 2.05) is 0 Å². The van der Waals surface area contributed by atoms with E-state index in [4.69, 9.17) is 10.8 Å². The quantitative estimate of drug-likeness (QED) is 0.436. The molecule has 0 radical (unpaired) electrons. The predicted octanol–water partition coefficient (Wildman–Crippen LogP) is 1.23. The Morgan fingerprint density at radius 3 is 2.74 bits per heavy atom. The SMILES string of the molecule is N/C(=N/N=C\c1ccc(O)cc1O)c1ccccn1. The maximum atomic E-state index is 9.53. The molecule has 0 unspecified atom stereocenters. The van der Waals surface area contributed by atoms with Crippen molar-refractivity contribution in [2.45, 2.75) is 0 Å². The number of nitrogens with zero attached hydrogens (tertiary/aromatic N) is 3. The minimum atomic E-state index is -0.0876. The lowest BCUT2D eigenvalue weighted by atomic mass is 10.2. The number of amidine groups is 1. The first-order valence-electron chi connectivity index (χ1n) is 5.46. The molecule has 96 valence electrons. The highest BCUT2D eigenvalue weighted by Crippen LogP contribution is 2.20. The Balaban J connectivity index is 2.15. The number of phenolic OH excluding ortho intramolecular Hbond substituents is 2. The summed E-state index contributed by atoms with van der Waals surface area (Å²) in [6.45, 7) is 0. The Morgan fingerprint density at radius 1 is 1.21 bits per heavy atom. The Hall–Kier alpha value is -2.89. The second-order valence-corrected chi connectivity index (χ2v) is 3.69. The Morgan fingerprint density at radius 2 is 2.05 bits per heavy atom.